The minimum atomic E-state index is -0.424. The predicted molar refractivity (Wildman–Crippen MR) is 121 cm³/mol. The zero-order valence-electron chi connectivity index (χ0n) is 17.9. The average Bonchev–Trinajstić information content (AvgIpc) is 3.36. The second kappa shape index (κ2) is 8.27. The van der Waals surface area contributed by atoms with E-state index in [0.717, 1.165) is 16.5 Å². The van der Waals surface area contributed by atoms with Crippen LogP contribution in [-0.2, 0) is 16.1 Å². The Morgan fingerprint density at radius 2 is 1.82 bits per heavy atom. The Balaban J connectivity index is 1.43. The zero-order chi connectivity index (χ0) is 22.9. The van der Waals surface area contributed by atoms with E-state index in [1.54, 1.807) is 48.3 Å². The summed E-state index contributed by atoms with van der Waals surface area (Å²) in [4.78, 5) is 42.5. The molecule has 4 aromatic rings. The van der Waals surface area contributed by atoms with Crippen molar-refractivity contribution in [3.05, 3.63) is 77.9 Å². The summed E-state index contributed by atoms with van der Waals surface area (Å²) in [5, 5.41) is 13.1. The number of nitrogens with zero attached hydrogens (tertiary/aromatic N) is 5. The van der Waals surface area contributed by atoms with Crippen LogP contribution in [0.4, 0.5) is 5.69 Å². The van der Waals surface area contributed by atoms with E-state index in [0.29, 0.717) is 16.9 Å². The summed E-state index contributed by atoms with van der Waals surface area (Å²) in [6.07, 6.45) is 3.92. The SMILES string of the molecule is Cc1c(C(=O)Nc2ccccc2CN2C(=O)CCC2=O)nnn1-c1cccc2cnccc12. The molecule has 0 spiro atoms. The fourth-order valence-electron chi connectivity index (χ4n) is 3.99. The van der Waals surface area contributed by atoms with Crippen molar-refractivity contribution in [2.24, 2.45) is 0 Å². The monoisotopic (exact) mass is 440 g/mol. The number of anilines is 1. The number of hydrogen-bond acceptors (Lipinski definition) is 6. The van der Waals surface area contributed by atoms with E-state index in [9.17, 15) is 14.4 Å². The van der Waals surface area contributed by atoms with Gasteiger partial charge in [-0.3, -0.25) is 24.3 Å². The molecule has 33 heavy (non-hydrogen) atoms. The molecule has 1 fully saturated rings. The number of pyridine rings is 1. The fraction of sp³-hybridized carbons (Fsp3) is 0.167. The quantitative estimate of drug-likeness (QED) is 0.478. The van der Waals surface area contributed by atoms with Gasteiger partial charge in [0.05, 0.1) is 17.9 Å². The van der Waals surface area contributed by atoms with E-state index in [4.69, 9.17) is 0 Å². The molecule has 5 rings (SSSR count). The van der Waals surface area contributed by atoms with Gasteiger partial charge < -0.3 is 5.32 Å². The summed E-state index contributed by atoms with van der Waals surface area (Å²) in [6.45, 7) is 1.90. The zero-order valence-corrected chi connectivity index (χ0v) is 17.9. The van der Waals surface area contributed by atoms with Crippen molar-refractivity contribution in [3.8, 4) is 5.69 Å². The van der Waals surface area contributed by atoms with Crippen molar-refractivity contribution in [2.75, 3.05) is 5.32 Å². The molecule has 1 saturated heterocycles. The van der Waals surface area contributed by atoms with E-state index in [-0.39, 0.29) is 36.9 Å². The number of nitrogens with one attached hydrogen (secondary N) is 1. The fourth-order valence-corrected chi connectivity index (χ4v) is 3.99. The van der Waals surface area contributed by atoms with E-state index in [2.05, 4.69) is 20.6 Å². The second-order valence-electron chi connectivity index (χ2n) is 7.79. The van der Waals surface area contributed by atoms with Gasteiger partial charge >= 0.3 is 0 Å². The van der Waals surface area contributed by atoms with Gasteiger partial charge in [-0.1, -0.05) is 35.5 Å². The van der Waals surface area contributed by atoms with Crippen LogP contribution in [-0.4, -0.2) is 42.6 Å². The minimum absolute atomic E-state index is 0.115. The molecule has 3 amide bonds. The van der Waals surface area contributed by atoms with Gasteiger partial charge in [-0.05, 0) is 30.7 Å². The van der Waals surface area contributed by atoms with Crippen LogP contribution in [0.2, 0.25) is 0 Å². The van der Waals surface area contributed by atoms with Gasteiger partial charge in [-0.25, -0.2) is 4.68 Å². The Hall–Kier alpha value is -4.40. The molecule has 1 N–H and O–H groups in total. The standard InChI is InChI=1S/C24H20N6O3/c1-15-23(27-28-30(15)20-8-4-6-16-13-25-12-11-18(16)20)24(33)26-19-7-3-2-5-17(19)14-29-21(31)9-10-22(29)32/h2-8,11-13H,9-10,14H2,1H3,(H,26,33). The lowest BCUT2D eigenvalue weighted by Gasteiger charge is -2.17. The summed E-state index contributed by atoms with van der Waals surface area (Å²) < 4.78 is 1.63. The number of fused-ring (bicyclic) bond motifs is 1. The predicted octanol–water partition coefficient (Wildman–Crippen LogP) is 3.03. The summed E-state index contributed by atoms with van der Waals surface area (Å²) in [5.41, 5.74) is 2.75. The number of rotatable bonds is 5. The first-order valence-electron chi connectivity index (χ1n) is 10.5. The third-order valence-corrected chi connectivity index (χ3v) is 5.74. The number of hydrogen-bond donors (Lipinski definition) is 1. The summed E-state index contributed by atoms with van der Waals surface area (Å²) in [5.74, 6) is -0.831. The highest BCUT2D eigenvalue weighted by molar-refractivity contribution is 6.05. The molecule has 9 nitrogen and oxygen atoms in total. The number of imide groups is 1. The van der Waals surface area contributed by atoms with Crippen molar-refractivity contribution in [3.63, 3.8) is 0 Å². The van der Waals surface area contributed by atoms with Gasteiger partial charge in [0.1, 0.15) is 0 Å². The van der Waals surface area contributed by atoms with Crippen molar-refractivity contribution >= 4 is 34.2 Å². The van der Waals surface area contributed by atoms with E-state index in [1.165, 1.54) is 4.90 Å². The molecule has 0 aliphatic carbocycles. The van der Waals surface area contributed by atoms with Crippen LogP contribution in [0.15, 0.2) is 60.9 Å². The molecule has 0 saturated carbocycles. The van der Waals surface area contributed by atoms with Crippen LogP contribution in [0.5, 0.6) is 0 Å². The molecular formula is C24H20N6O3. The third-order valence-electron chi connectivity index (χ3n) is 5.74. The van der Waals surface area contributed by atoms with Gasteiger partial charge in [0.2, 0.25) is 11.8 Å². The molecule has 1 aliphatic rings. The Labute approximate surface area is 189 Å². The third kappa shape index (κ3) is 3.73. The lowest BCUT2D eigenvalue weighted by molar-refractivity contribution is -0.139. The maximum atomic E-state index is 13.1. The number of carbonyl (C=O) groups excluding carboxylic acids is 3. The van der Waals surface area contributed by atoms with Gasteiger partial charge in [-0.15, -0.1) is 5.10 Å². The molecular weight excluding hydrogens is 420 g/mol. The largest absolute Gasteiger partial charge is 0.320 e. The lowest BCUT2D eigenvalue weighted by atomic mass is 10.1. The highest BCUT2D eigenvalue weighted by atomic mass is 16.2. The molecule has 164 valence electrons. The molecule has 0 unspecified atom stereocenters. The molecule has 0 atom stereocenters. The maximum absolute atomic E-state index is 13.1. The Bertz CT molecular complexity index is 1390. The Morgan fingerprint density at radius 1 is 1.03 bits per heavy atom. The number of para-hydroxylation sites is 1. The molecule has 2 aromatic carbocycles. The summed E-state index contributed by atoms with van der Waals surface area (Å²) in [7, 11) is 0. The van der Waals surface area contributed by atoms with Crippen LogP contribution >= 0.6 is 0 Å². The number of benzene rings is 2. The highest BCUT2D eigenvalue weighted by Crippen LogP contribution is 2.24. The smallest absolute Gasteiger partial charge is 0.278 e. The van der Waals surface area contributed by atoms with Gasteiger partial charge in [-0.2, -0.15) is 0 Å². The number of likely N-dealkylation sites (tertiary alicyclic amines) is 1. The molecule has 3 heterocycles. The maximum Gasteiger partial charge on any atom is 0.278 e. The Morgan fingerprint density at radius 3 is 2.64 bits per heavy atom. The van der Waals surface area contributed by atoms with Crippen molar-refractivity contribution in [1.29, 1.82) is 0 Å². The van der Waals surface area contributed by atoms with Gasteiger partial charge in [0.25, 0.3) is 5.91 Å². The van der Waals surface area contributed by atoms with Crippen molar-refractivity contribution < 1.29 is 14.4 Å². The topological polar surface area (TPSA) is 110 Å². The first-order valence-corrected chi connectivity index (χ1v) is 10.5. The number of aromatic nitrogens is 4. The van der Waals surface area contributed by atoms with E-state index < -0.39 is 5.91 Å². The van der Waals surface area contributed by atoms with E-state index >= 15 is 0 Å². The van der Waals surface area contributed by atoms with Crippen LogP contribution in [0.3, 0.4) is 0 Å². The average molecular weight is 440 g/mol. The first-order chi connectivity index (χ1) is 16.0. The van der Waals surface area contributed by atoms with E-state index in [1.807, 2.05) is 24.3 Å². The van der Waals surface area contributed by atoms with Crippen molar-refractivity contribution in [1.82, 2.24) is 24.9 Å². The van der Waals surface area contributed by atoms with Crippen LogP contribution in [0, 0.1) is 6.92 Å². The Kier molecular flexibility index (Phi) is 5.14. The summed E-state index contributed by atoms with van der Waals surface area (Å²) in [6, 6.07) is 14.7. The van der Waals surface area contributed by atoms with Gasteiger partial charge in [0, 0.05) is 41.7 Å². The van der Waals surface area contributed by atoms with Crippen LogP contribution < -0.4 is 5.32 Å². The summed E-state index contributed by atoms with van der Waals surface area (Å²) >= 11 is 0. The molecule has 9 heteroatoms. The number of amides is 3. The first kappa shape index (κ1) is 20.5. The number of carbonyl (C=O) groups is 3. The minimum Gasteiger partial charge on any atom is -0.320 e. The molecule has 1 aliphatic heterocycles. The molecule has 2 aromatic heterocycles. The van der Waals surface area contributed by atoms with Crippen LogP contribution in [0.1, 0.15) is 34.6 Å². The molecule has 0 radical (unpaired) electrons. The van der Waals surface area contributed by atoms with Crippen LogP contribution in [0.25, 0.3) is 16.5 Å². The second-order valence-corrected chi connectivity index (χ2v) is 7.79. The lowest BCUT2D eigenvalue weighted by Crippen LogP contribution is -2.29. The van der Waals surface area contributed by atoms with Crippen molar-refractivity contribution in [2.45, 2.75) is 26.3 Å². The van der Waals surface area contributed by atoms with Gasteiger partial charge in [0.15, 0.2) is 5.69 Å². The molecule has 0 bridgehead atoms. The highest BCUT2D eigenvalue weighted by Gasteiger charge is 2.29. The normalized spacial score (nSPS) is 13.7.